The predicted octanol–water partition coefficient (Wildman–Crippen LogP) is 1.17. The van der Waals surface area contributed by atoms with Gasteiger partial charge < -0.3 is 5.73 Å². The van der Waals surface area contributed by atoms with Crippen molar-refractivity contribution < 1.29 is 4.79 Å². The smallest absolute Gasteiger partial charge is 0.205 e. The number of nitrogens with zero attached hydrogens (tertiary/aromatic N) is 2. The summed E-state index contributed by atoms with van der Waals surface area (Å²) in [5.41, 5.74) is 5.65. The molecule has 2 N–H and O–H groups in total. The summed E-state index contributed by atoms with van der Waals surface area (Å²) in [5, 5.41) is 2.44. The first-order valence-corrected chi connectivity index (χ1v) is 6.06. The quantitative estimate of drug-likeness (QED) is 0.827. The van der Waals surface area contributed by atoms with Gasteiger partial charge in [0.15, 0.2) is 5.01 Å². The van der Waals surface area contributed by atoms with Gasteiger partial charge in [-0.3, -0.25) is 9.69 Å². The molecule has 1 atom stereocenters. The Morgan fingerprint density at radius 1 is 1.69 bits per heavy atom. The molecule has 1 aliphatic rings. The summed E-state index contributed by atoms with van der Waals surface area (Å²) in [7, 11) is 0. The summed E-state index contributed by atoms with van der Waals surface area (Å²) >= 11 is 1.40. The van der Waals surface area contributed by atoms with Gasteiger partial charge in [-0.05, 0) is 19.4 Å². The van der Waals surface area contributed by atoms with Crippen LogP contribution in [0.25, 0.3) is 0 Å². The maximum absolute atomic E-state index is 11.8. The molecule has 4 nitrogen and oxygen atoms in total. The van der Waals surface area contributed by atoms with E-state index in [1.54, 1.807) is 6.20 Å². The second-order valence-corrected chi connectivity index (χ2v) is 4.66. The van der Waals surface area contributed by atoms with E-state index in [1.807, 2.05) is 5.38 Å². The molecule has 16 heavy (non-hydrogen) atoms. The number of rotatable bonds is 4. The van der Waals surface area contributed by atoms with E-state index in [9.17, 15) is 4.79 Å². The zero-order valence-corrected chi connectivity index (χ0v) is 10.6. The fourth-order valence-electron chi connectivity index (χ4n) is 1.98. The van der Waals surface area contributed by atoms with Gasteiger partial charge in [-0.15, -0.1) is 23.7 Å². The van der Waals surface area contributed by atoms with E-state index in [0.29, 0.717) is 24.1 Å². The highest BCUT2D eigenvalue weighted by atomic mass is 35.5. The minimum Gasteiger partial charge on any atom is -0.329 e. The second-order valence-electron chi connectivity index (χ2n) is 3.76. The molecule has 1 aliphatic heterocycles. The zero-order valence-electron chi connectivity index (χ0n) is 8.96. The first kappa shape index (κ1) is 13.6. The molecule has 0 amide bonds. The highest BCUT2D eigenvalue weighted by Gasteiger charge is 2.25. The summed E-state index contributed by atoms with van der Waals surface area (Å²) in [5.74, 6) is 0.116. The van der Waals surface area contributed by atoms with Gasteiger partial charge in [-0.25, -0.2) is 4.98 Å². The lowest BCUT2D eigenvalue weighted by Gasteiger charge is -2.21. The molecule has 1 fully saturated rings. The summed E-state index contributed by atoms with van der Waals surface area (Å²) in [6, 6.07) is 0.383. The molecule has 1 aromatic heterocycles. The second kappa shape index (κ2) is 6.30. The number of hydrogen-bond acceptors (Lipinski definition) is 5. The van der Waals surface area contributed by atoms with Crippen molar-refractivity contribution >= 4 is 29.5 Å². The average molecular weight is 262 g/mol. The van der Waals surface area contributed by atoms with Crippen LogP contribution in [0, 0.1) is 0 Å². The van der Waals surface area contributed by atoms with Crippen LogP contribution in [0.1, 0.15) is 22.6 Å². The maximum atomic E-state index is 11.8. The number of carbonyl (C=O) groups is 1. The monoisotopic (exact) mass is 261 g/mol. The summed E-state index contributed by atoms with van der Waals surface area (Å²) in [4.78, 5) is 18.0. The van der Waals surface area contributed by atoms with Crippen LogP contribution in [-0.2, 0) is 0 Å². The van der Waals surface area contributed by atoms with Gasteiger partial charge in [-0.2, -0.15) is 0 Å². The molecule has 0 spiro atoms. The molecular weight excluding hydrogens is 246 g/mol. The van der Waals surface area contributed by atoms with Crippen molar-refractivity contribution in [1.29, 1.82) is 0 Å². The Morgan fingerprint density at radius 2 is 2.50 bits per heavy atom. The molecule has 0 bridgehead atoms. The number of likely N-dealkylation sites (tertiary alicyclic amines) is 1. The van der Waals surface area contributed by atoms with Gasteiger partial charge in [0.1, 0.15) is 0 Å². The number of carbonyl (C=O) groups excluding carboxylic acids is 1. The van der Waals surface area contributed by atoms with Gasteiger partial charge in [0, 0.05) is 24.2 Å². The van der Waals surface area contributed by atoms with Crippen LogP contribution in [0.3, 0.4) is 0 Å². The third-order valence-corrected chi connectivity index (χ3v) is 3.60. The lowest BCUT2D eigenvalue weighted by atomic mass is 10.2. The number of ketones is 1. The van der Waals surface area contributed by atoms with Crippen LogP contribution < -0.4 is 5.73 Å². The van der Waals surface area contributed by atoms with Crippen LogP contribution in [-0.4, -0.2) is 41.3 Å². The molecular formula is C10H16ClN3OS. The third-order valence-electron chi connectivity index (χ3n) is 2.79. The van der Waals surface area contributed by atoms with Gasteiger partial charge in [0.25, 0.3) is 0 Å². The standard InChI is InChI=1S/C10H15N3OS.ClH/c11-6-8-2-1-4-13(8)7-9(14)10-12-3-5-15-10;/h3,5,8H,1-2,4,6-7,11H2;1H. The highest BCUT2D eigenvalue weighted by Crippen LogP contribution is 2.17. The van der Waals surface area contributed by atoms with Crippen LogP contribution in [0.2, 0.25) is 0 Å². The van der Waals surface area contributed by atoms with Crippen molar-refractivity contribution in [1.82, 2.24) is 9.88 Å². The summed E-state index contributed by atoms with van der Waals surface area (Å²) in [6.07, 6.45) is 3.93. The minimum absolute atomic E-state index is 0. The number of hydrogen-bond donors (Lipinski definition) is 1. The van der Waals surface area contributed by atoms with Gasteiger partial charge in [-0.1, -0.05) is 0 Å². The number of Topliss-reactive ketones (excluding diaryl/α,β-unsaturated/α-hetero) is 1. The molecule has 0 aromatic carbocycles. The summed E-state index contributed by atoms with van der Waals surface area (Å²) in [6.45, 7) is 2.10. The van der Waals surface area contributed by atoms with Crippen molar-refractivity contribution in [3.05, 3.63) is 16.6 Å². The highest BCUT2D eigenvalue weighted by molar-refractivity contribution is 7.11. The van der Waals surface area contributed by atoms with Gasteiger partial charge in [0.05, 0.1) is 6.54 Å². The molecule has 1 aromatic rings. The Kier molecular flexibility index (Phi) is 5.34. The van der Waals surface area contributed by atoms with Crippen molar-refractivity contribution in [3.8, 4) is 0 Å². The molecule has 6 heteroatoms. The van der Waals surface area contributed by atoms with Crippen molar-refractivity contribution in [2.24, 2.45) is 5.73 Å². The molecule has 1 unspecified atom stereocenters. The topological polar surface area (TPSA) is 59.2 Å². The lowest BCUT2D eigenvalue weighted by Crippen LogP contribution is -2.38. The van der Waals surface area contributed by atoms with Gasteiger partial charge >= 0.3 is 0 Å². The first-order chi connectivity index (χ1) is 7.31. The zero-order chi connectivity index (χ0) is 10.7. The fraction of sp³-hybridized carbons (Fsp3) is 0.600. The van der Waals surface area contributed by atoms with Crippen LogP contribution in [0.15, 0.2) is 11.6 Å². The van der Waals surface area contributed by atoms with E-state index in [-0.39, 0.29) is 18.2 Å². The Bertz CT molecular complexity index is 331. The van der Waals surface area contributed by atoms with Crippen molar-refractivity contribution in [2.45, 2.75) is 18.9 Å². The third kappa shape index (κ3) is 3.01. The lowest BCUT2D eigenvalue weighted by molar-refractivity contribution is 0.0923. The number of halogens is 1. The van der Waals surface area contributed by atoms with E-state index < -0.39 is 0 Å². The number of nitrogens with two attached hydrogens (primary N) is 1. The molecule has 0 saturated carbocycles. The molecule has 0 radical (unpaired) electrons. The molecule has 2 rings (SSSR count). The van der Waals surface area contributed by atoms with E-state index in [0.717, 1.165) is 19.4 Å². The molecule has 0 aliphatic carbocycles. The predicted molar refractivity (Wildman–Crippen MR) is 67.3 cm³/mol. The maximum Gasteiger partial charge on any atom is 0.205 e. The Morgan fingerprint density at radius 3 is 3.12 bits per heavy atom. The Hall–Kier alpha value is -0.490. The van der Waals surface area contributed by atoms with Crippen LogP contribution >= 0.6 is 23.7 Å². The van der Waals surface area contributed by atoms with E-state index in [4.69, 9.17) is 5.73 Å². The molecule has 2 heterocycles. The SMILES string of the molecule is Cl.NCC1CCCN1CC(=O)c1nccs1. The fourth-order valence-corrected chi connectivity index (χ4v) is 2.55. The van der Waals surface area contributed by atoms with Crippen molar-refractivity contribution in [2.75, 3.05) is 19.6 Å². The summed E-state index contributed by atoms with van der Waals surface area (Å²) < 4.78 is 0. The first-order valence-electron chi connectivity index (χ1n) is 5.18. The number of aromatic nitrogens is 1. The van der Waals surface area contributed by atoms with E-state index in [2.05, 4.69) is 9.88 Å². The van der Waals surface area contributed by atoms with Gasteiger partial charge in [0.2, 0.25) is 5.78 Å². The Labute approximate surface area is 105 Å². The Balaban J connectivity index is 0.00000128. The number of thiazole rings is 1. The van der Waals surface area contributed by atoms with Crippen LogP contribution in [0.4, 0.5) is 0 Å². The molecule has 90 valence electrons. The normalized spacial score (nSPS) is 20.7. The molecule has 1 saturated heterocycles. The van der Waals surface area contributed by atoms with Crippen molar-refractivity contribution in [3.63, 3.8) is 0 Å². The minimum atomic E-state index is 0. The van der Waals surface area contributed by atoms with Crippen LogP contribution in [0.5, 0.6) is 0 Å². The largest absolute Gasteiger partial charge is 0.329 e. The average Bonchev–Trinajstić information content (AvgIpc) is 2.87. The van der Waals surface area contributed by atoms with E-state index >= 15 is 0 Å². The van der Waals surface area contributed by atoms with E-state index in [1.165, 1.54) is 11.3 Å².